The van der Waals surface area contributed by atoms with Crippen LogP contribution in [0.4, 0.5) is 5.69 Å². The number of hydrogen-bond donors (Lipinski definition) is 1. The molecule has 2 rings (SSSR count). The van der Waals surface area contributed by atoms with Gasteiger partial charge in [-0.1, -0.05) is 18.2 Å². The van der Waals surface area contributed by atoms with Crippen LogP contribution >= 0.6 is 0 Å². The molecule has 1 aromatic rings. The average Bonchev–Trinajstić information content (AvgIpc) is 2.47. The number of aliphatic hydroxyl groups is 1. The molecule has 0 spiro atoms. The Morgan fingerprint density at radius 1 is 1.26 bits per heavy atom. The minimum Gasteiger partial charge on any atom is -0.396 e. The van der Waals surface area contributed by atoms with E-state index in [1.165, 1.54) is 11.3 Å². The zero-order valence-electron chi connectivity index (χ0n) is 12.1. The summed E-state index contributed by atoms with van der Waals surface area (Å²) in [7, 11) is 0. The van der Waals surface area contributed by atoms with Gasteiger partial charge in [0, 0.05) is 37.4 Å². The van der Waals surface area contributed by atoms with Gasteiger partial charge in [-0.15, -0.1) is 0 Å². The predicted molar refractivity (Wildman–Crippen MR) is 78.6 cm³/mol. The van der Waals surface area contributed by atoms with Crippen molar-refractivity contribution < 1.29 is 9.84 Å². The van der Waals surface area contributed by atoms with Gasteiger partial charge >= 0.3 is 0 Å². The molecule has 0 unspecified atom stereocenters. The zero-order valence-corrected chi connectivity index (χ0v) is 12.1. The van der Waals surface area contributed by atoms with Gasteiger partial charge in [-0.25, -0.2) is 0 Å². The Kier molecular flexibility index (Phi) is 4.83. The van der Waals surface area contributed by atoms with E-state index in [1.54, 1.807) is 0 Å². The monoisotopic (exact) mass is 263 g/mol. The molecule has 1 aliphatic rings. The molecule has 0 bridgehead atoms. The maximum atomic E-state index is 9.82. The first kappa shape index (κ1) is 14.4. The van der Waals surface area contributed by atoms with Crippen LogP contribution in [0.3, 0.4) is 0 Å². The van der Waals surface area contributed by atoms with Crippen molar-refractivity contribution in [3.63, 3.8) is 0 Å². The lowest BCUT2D eigenvalue weighted by molar-refractivity contribution is -0.0117. The van der Waals surface area contributed by atoms with Gasteiger partial charge in [-0.2, -0.15) is 0 Å². The second kappa shape index (κ2) is 6.40. The summed E-state index contributed by atoms with van der Waals surface area (Å²) >= 11 is 0. The van der Waals surface area contributed by atoms with Crippen LogP contribution in [0.1, 0.15) is 25.3 Å². The fraction of sp³-hybridized carbons (Fsp3) is 0.625. The summed E-state index contributed by atoms with van der Waals surface area (Å²) in [5, 5.41) is 9.82. The lowest BCUT2D eigenvalue weighted by atomic mass is 9.80. The smallest absolute Gasteiger partial charge is 0.0506 e. The van der Waals surface area contributed by atoms with Crippen LogP contribution in [0.15, 0.2) is 24.3 Å². The van der Waals surface area contributed by atoms with E-state index in [1.807, 2.05) is 0 Å². The topological polar surface area (TPSA) is 32.7 Å². The van der Waals surface area contributed by atoms with Gasteiger partial charge in [-0.05, 0) is 38.3 Å². The number of ether oxygens (including phenoxy) is 1. The van der Waals surface area contributed by atoms with Crippen molar-refractivity contribution >= 4 is 5.69 Å². The minimum atomic E-state index is -0.00343. The highest BCUT2D eigenvalue weighted by molar-refractivity contribution is 5.53. The third-order valence-electron chi connectivity index (χ3n) is 4.25. The van der Waals surface area contributed by atoms with E-state index >= 15 is 0 Å². The van der Waals surface area contributed by atoms with E-state index < -0.39 is 0 Å². The second-order valence-electron chi connectivity index (χ2n) is 5.57. The molecule has 0 radical (unpaired) electrons. The van der Waals surface area contributed by atoms with Crippen LogP contribution in [-0.2, 0) is 4.74 Å². The third kappa shape index (κ3) is 3.28. The highest BCUT2D eigenvalue weighted by Crippen LogP contribution is 2.33. The molecule has 106 valence electrons. The number of benzene rings is 1. The summed E-state index contributed by atoms with van der Waals surface area (Å²) < 4.78 is 5.44. The first-order chi connectivity index (χ1) is 9.21. The van der Waals surface area contributed by atoms with Crippen molar-refractivity contribution in [1.29, 1.82) is 0 Å². The standard InChI is InChI=1S/C16H25NO2/c1-3-17(15-7-5-4-6-14(15)2)12-16(13-18)8-10-19-11-9-16/h4-7,18H,3,8-13H2,1-2H3. The maximum Gasteiger partial charge on any atom is 0.0506 e. The second-order valence-corrected chi connectivity index (χ2v) is 5.57. The first-order valence-electron chi connectivity index (χ1n) is 7.20. The molecule has 0 saturated carbocycles. The molecule has 1 N–H and O–H groups in total. The molecule has 1 aliphatic heterocycles. The average molecular weight is 263 g/mol. The highest BCUT2D eigenvalue weighted by atomic mass is 16.5. The minimum absolute atomic E-state index is 0.00343. The lowest BCUT2D eigenvalue weighted by Crippen LogP contribution is -2.44. The van der Waals surface area contributed by atoms with Gasteiger partial charge in [0.25, 0.3) is 0 Å². The number of rotatable bonds is 5. The van der Waals surface area contributed by atoms with Crippen LogP contribution in [0.5, 0.6) is 0 Å². The number of nitrogens with zero attached hydrogens (tertiary/aromatic N) is 1. The molecular weight excluding hydrogens is 238 g/mol. The van der Waals surface area contributed by atoms with Gasteiger partial charge in [0.15, 0.2) is 0 Å². The van der Waals surface area contributed by atoms with Crippen molar-refractivity contribution in [3.05, 3.63) is 29.8 Å². The third-order valence-corrected chi connectivity index (χ3v) is 4.25. The molecule has 1 heterocycles. The van der Waals surface area contributed by atoms with Crippen LogP contribution in [0, 0.1) is 12.3 Å². The number of anilines is 1. The molecule has 0 amide bonds. The molecule has 0 aromatic heterocycles. The maximum absolute atomic E-state index is 9.82. The fourth-order valence-corrected chi connectivity index (χ4v) is 2.86. The Morgan fingerprint density at radius 2 is 1.95 bits per heavy atom. The van der Waals surface area contributed by atoms with Crippen molar-refractivity contribution in [3.8, 4) is 0 Å². The van der Waals surface area contributed by atoms with Crippen molar-refractivity contribution in [2.24, 2.45) is 5.41 Å². The van der Waals surface area contributed by atoms with Gasteiger partial charge in [0.05, 0.1) is 6.61 Å². The van der Waals surface area contributed by atoms with Gasteiger partial charge in [0.2, 0.25) is 0 Å². The molecule has 0 aliphatic carbocycles. The highest BCUT2D eigenvalue weighted by Gasteiger charge is 2.34. The van der Waals surface area contributed by atoms with E-state index in [0.29, 0.717) is 0 Å². The molecule has 1 saturated heterocycles. The summed E-state index contributed by atoms with van der Waals surface area (Å²) in [6.45, 7) is 7.99. The zero-order chi connectivity index (χ0) is 13.7. The summed E-state index contributed by atoms with van der Waals surface area (Å²) in [4.78, 5) is 2.39. The lowest BCUT2D eigenvalue weighted by Gasteiger charge is -2.40. The molecule has 3 nitrogen and oxygen atoms in total. The van der Waals surface area contributed by atoms with Gasteiger partial charge in [-0.3, -0.25) is 0 Å². The summed E-state index contributed by atoms with van der Waals surface area (Å²) in [5.74, 6) is 0. The van der Waals surface area contributed by atoms with Crippen LogP contribution in [-0.4, -0.2) is 38.0 Å². The Morgan fingerprint density at radius 3 is 2.53 bits per heavy atom. The van der Waals surface area contributed by atoms with Gasteiger partial charge < -0.3 is 14.7 Å². The SMILES string of the molecule is CCN(CC1(CO)CCOCC1)c1ccccc1C. The van der Waals surface area contributed by atoms with E-state index in [-0.39, 0.29) is 12.0 Å². The van der Waals surface area contributed by atoms with E-state index in [9.17, 15) is 5.11 Å². The summed E-state index contributed by atoms with van der Waals surface area (Å²) in [6.07, 6.45) is 1.90. The van der Waals surface area contributed by atoms with E-state index in [2.05, 4.69) is 43.0 Å². The fourth-order valence-electron chi connectivity index (χ4n) is 2.86. The first-order valence-corrected chi connectivity index (χ1v) is 7.20. The molecule has 1 aromatic carbocycles. The van der Waals surface area contributed by atoms with Crippen molar-refractivity contribution in [2.75, 3.05) is 37.8 Å². The van der Waals surface area contributed by atoms with E-state index in [0.717, 1.165) is 39.1 Å². The molecule has 0 atom stereocenters. The van der Waals surface area contributed by atoms with Crippen LogP contribution in [0.25, 0.3) is 0 Å². The number of aliphatic hydroxyl groups excluding tert-OH is 1. The summed E-state index contributed by atoms with van der Waals surface area (Å²) in [5.41, 5.74) is 2.57. The molecule has 19 heavy (non-hydrogen) atoms. The van der Waals surface area contributed by atoms with Crippen LogP contribution < -0.4 is 4.90 Å². The summed E-state index contributed by atoms with van der Waals surface area (Å²) in [6, 6.07) is 8.47. The number of para-hydroxylation sites is 1. The van der Waals surface area contributed by atoms with Gasteiger partial charge in [0.1, 0.15) is 0 Å². The Balaban J connectivity index is 2.16. The Bertz CT molecular complexity index is 399. The van der Waals surface area contributed by atoms with Crippen LogP contribution in [0.2, 0.25) is 0 Å². The van der Waals surface area contributed by atoms with Crippen molar-refractivity contribution in [1.82, 2.24) is 0 Å². The van der Waals surface area contributed by atoms with E-state index in [4.69, 9.17) is 4.74 Å². The molecule has 3 heteroatoms. The predicted octanol–water partition coefficient (Wildman–Crippen LogP) is 2.61. The Labute approximate surface area is 116 Å². The van der Waals surface area contributed by atoms with Crippen molar-refractivity contribution in [2.45, 2.75) is 26.7 Å². The quantitative estimate of drug-likeness (QED) is 0.886. The number of aryl methyl sites for hydroxylation is 1. The molecule has 1 fully saturated rings. The molecular formula is C16H25NO2. The largest absolute Gasteiger partial charge is 0.396 e. The normalized spacial score (nSPS) is 18.3. The number of hydrogen-bond acceptors (Lipinski definition) is 3. The Hall–Kier alpha value is -1.06.